The Kier molecular flexibility index (Phi) is 3.89. The molecule has 0 aliphatic carbocycles. The van der Waals surface area contributed by atoms with E-state index >= 15 is 0 Å². The minimum absolute atomic E-state index is 0.138. The van der Waals surface area contributed by atoms with E-state index in [2.05, 4.69) is 9.97 Å². The van der Waals surface area contributed by atoms with Crippen molar-refractivity contribution < 1.29 is 12.8 Å². The molecular weight excluding hydrogens is 235 g/mol. The van der Waals surface area contributed by atoms with Crippen LogP contribution in [0.4, 0.5) is 4.39 Å². The highest BCUT2D eigenvalue weighted by Crippen LogP contribution is 2.18. The molecule has 0 fully saturated rings. The van der Waals surface area contributed by atoms with E-state index in [1.54, 1.807) is 6.92 Å². The molecule has 0 aromatic carbocycles. The third-order valence-electron chi connectivity index (χ3n) is 2.26. The highest BCUT2D eigenvalue weighted by molar-refractivity contribution is 7.89. The smallest absolute Gasteiger partial charge is 0.213 e. The molecule has 0 bridgehead atoms. The Morgan fingerprint density at radius 1 is 1.44 bits per heavy atom. The van der Waals surface area contributed by atoms with Crippen LogP contribution in [0.25, 0.3) is 0 Å². The van der Waals surface area contributed by atoms with Crippen molar-refractivity contribution in [3.8, 4) is 0 Å². The van der Waals surface area contributed by atoms with Crippen molar-refractivity contribution in [1.29, 1.82) is 0 Å². The average Bonchev–Trinajstić information content (AvgIpc) is 2.17. The van der Waals surface area contributed by atoms with Crippen molar-refractivity contribution in [2.75, 3.05) is 6.54 Å². The molecule has 0 spiro atoms. The summed E-state index contributed by atoms with van der Waals surface area (Å²) in [5.41, 5.74) is 5.34. The van der Waals surface area contributed by atoms with E-state index < -0.39 is 27.0 Å². The van der Waals surface area contributed by atoms with Crippen LogP contribution < -0.4 is 10.9 Å². The molecule has 2 atom stereocenters. The summed E-state index contributed by atoms with van der Waals surface area (Å²) in [6, 6.07) is 0. The molecule has 8 heteroatoms. The van der Waals surface area contributed by atoms with Gasteiger partial charge in [0.25, 0.3) is 0 Å². The molecule has 2 unspecified atom stereocenters. The topological polar surface area (TPSA) is 112 Å². The maximum atomic E-state index is 12.6. The van der Waals surface area contributed by atoms with Crippen LogP contribution in [-0.2, 0) is 10.0 Å². The van der Waals surface area contributed by atoms with Crippen LogP contribution in [-0.4, -0.2) is 30.2 Å². The molecule has 0 saturated heterocycles. The lowest BCUT2D eigenvalue weighted by molar-refractivity contribution is 0.550. The monoisotopic (exact) mass is 248 g/mol. The van der Waals surface area contributed by atoms with E-state index in [9.17, 15) is 12.8 Å². The molecule has 0 saturated carbocycles. The molecule has 0 aliphatic heterocycles. The lowest BCUT2D eigenvalue weighted by Crippen LogP contribution is -2.39. The number of primary sulfonamides is 1. The quantitative estimate of drug-likeness (QED) is 0.734. The Balaban J connectivity index is 3.00. The van der Waals surface area contributed by atoms with Gasteiger partial charge in [-0.15, -0.1) is 0 Å². The summed E-state index contributed by atoms with van der Waals surface area (Å²) in [6.45, 7) is 1.44. The van der Waals surface area contributed by atoms with Gasteiger partial charge in [0.2, 0.25) is 10.0 Å². The first-order valence-electron chi connectivity index (χ1n) is 4.55. The van der Waals surface area contributed by atoms with Gasteiger partial charge < -0.3 is 5.73 Å². The number of rotatable bonds is 4. The molecule has 1 aromatic rings. The molecule has 1 heterocycles. The number of hydrogen-bond acceptors (Lipinski definition) is 5. The van der Waals surface area contributed by atoms with Crippen LogP contribution in [0.3, 0.4) is 0 Å². The fourth-order valence-electron chi connectivity index (χ4n) is 1.35. The summed E-state index contributed by atoms with van der Waals surface area (Å²) >= 11 is 0. The molecule has 16 heavy (non-hydrogen) atoms. The van der Waals surface area contributed by atoms with Crippen LogP contribution in [0.15, 0.2) is 12.4 Å². The molecule has 0 radical (unpaired) electrons. The third kappa shape index (κ3) is 2.94. The van der Waals surface area contributed by atoms with Crippen LogP contribution in [0.2, 0.25) is 0 Å². The van der Waals surface area contributed by atoms with E-state index in [-0.39, 0.29) is 12.4 Å². The first-order chi connectivity index (χ1) is 7.36. The molecule has 1 rings (SSSR count). The van der Waals surface area contributed by atoms with Gasteiger partial charge in [0.15, 0.2) is 5.82 Å². The largest absolute Gasteiger partial charge is 0.329 e. The van der Waals surface area contributed by atoms with Crippen LogP contribution >= 0.6 is 0 Å². The average molecular weight is 248 g/mol. The Bertz CT molecular complexity index is 448. The minimum Gasteiger partial charge on any atom is -0.329 e. The number of sulfonamides is 1. The zero-order valence-corrected chi connectivity index (χ0v) is 9.48. The predicted octanol–water partition coefficient (Wildman–Crippen LogP) is -0.665. The maximum Gasteiger partial charge on any atom is 0.213 e. The van der Waals surface area contributed by atoms with Crippen molar-refractivity contribution >= 4 is 10.0 Å². The van der Waals surface area contributed by atoms with Crippen molar-refractivity contribution in [3.63, 3.8) is 0 Å². The Morgan fingerprint density at radius 3 is 2.31 bits per heavy atom. The standard InChI is InChI=1S/C8H13FN4O2S/c1-5(7(2-10)16(11,14)15)8-12-3-6(9)4-13-8/h3-5,7H,2,10H2,1H3,(H2,11,14,15). The number of nitrogens with two attached hydrogens (primary N) is 2. The lowest BCUT2D eigenvalue weighted by atomic mass is 10.1. The van der Waals surface area contributed by atoms with Crippen molar-refractivity contribution in [3.05, 3.63) is 24.0 Å². The van der Waals surface area contributed by atoms with E-state index in [0.717, 1.165) is 12.4 Å². The van der Waals surface area contributed by atoms with Gasteiger partial charge in [-0.1, -0.05) is 6.92 Å². The van der Waals surface area contributed by atoms with Gasteiger partial charge in [0.05, 0.1) is 17.6 Å². The molecule has 90 valence electrons. The first-order valence-corrected chi connectivity index (χ1v) is 6.16. The Labute approximate surface area is 92.9 Å². The highest BCUT2D eigenvalue weighted by atomic mass is 32.2. The third-order valence-corrected chi connectivity index (χ3v) is 3.70. The second-order valence-electron chi connectivity index (χ2n) is 3.41. The number of nitrogens with zero attached hydrogens (tertiary/aromatic N) is 2. The van der Waals surface area contributed by atoms with Crippen LogP contribution in [0.1, 0.15) is 18.7 Å². The van der Waals surface area contributed by atoms with Crippen molar-refractivity contribution in [2.45, 2.75) is 18.1 Å². The van der Waals surface area contributed by atoms with Crippen LogP contribution in [0.5, 0.6) is 0 Å². The summed E-state index contributed by atoms with van der Waals surface area (Å²) in [5, 5.41) is 4.05. The SMILES string of the molecule is CC(c1ncc(F)cn1)C(CN)S(N)(=O)=O. The summed E-state index contributed by atoms with van der Waals surface area (Å²) in [5.74, 6) is -0.970. The molecule has 4 N–H and O–H groups in total. The van der Waals surface area contributed by atoms with Gasteiger partial charge in [-0.25, -0.2) is 27.9 Å². The van der Waals surface area contributed by atoms with Crippen molar-refractivity contribution in [1.82, 2.24) is 9.97 Å². The fraction of sp³-hybridized carbons (Fsp3) is 0.500. The van der Waals surface area contributed by atoms with E-state index in [1.807, 2.05) is 0 Å². The second kappa shape index (κ2) is 4.81. The van der Waals surface area contributed by atoms with Crippen LogP contribution in [0, 0.1) is 5.82 Å². The summed E-state index contributed by atoms with van der Waals surface area (Å²) < 4.78 is 35.0. The fourth-order valence-corrected chi connectivity index (χ4v) is 2.31. The summed E-state index contributed by atoms with van der Waals surface area (Å²) in [7, 11) is -3.77. The van der Waals surface area contributed by atoms with Gasteiger partial charge in [0.1, 0.15) is 5.82 Å². The van der Waals surface area contributed by atoms with E-state index in [4.69, 9.17) is 10.9 Å². The van der Waals surface area contributed by atoms with E-state index in [0.29, 0.717) is 0 Å². The van der Waals surface area contributed by atoms with Gasteiger partial charge in [-0.05, 0) is 0 Å². The van der Waals surface area contributed by atoms with Crippen molar-refractivity contribution in [2.24, 2.45) is 10.9 Å². The van der Waals surface area contributed by atoms with Gasteiger partial charge in [0, 0.05) is 12.5 Å². The van der Waals surface area contributed by atoms with Gasteiger partial charge >= 0.3 is 0 Å². The molecular formula is C8H13FN4O2S. The number of aromatic nitrogens is 2. The molecule has 0 amide bonds. The zero-order valence-electron chi connectivity index (χ0n) is 8.67. The first kappa shape index (κ1) is 12.9. The second-order valence-corrected chi connectivity index (χ2v) is 5.19. The molecule has 6 nitrogen and oxygen atoms in total. The molecule has 1 aromatic heterocycles. The van der Waals surface area contributed by atoms with Gasteiger partial charge in [-0.2, -0.15) is 0 Å². The molecule has 0 aliphatic rings. The van der Waals surface area contributed by atoms with Gasteiger partial charge in [-0.3, -0.25) is 0 Å². The maximum absolute atomic E-state index is 12.6. The summed E-state index contributed by atoms with van der Waals surface area (Å²) in [6.07, 6.45) is 1.94. The number of halogens is 1. The Morgan fingerprint density at radius 2 is 1.94 bits per heavy atom. The normalized spacial score (nSPS) is 15.8. The lowest BCUT2D eigenvalue weighted by Gasteiger charge is -2.18. The van der Waals surface area contributed by atoms with E-state index in [1.165, 1.54) is 0 Å². The summed E-state index contributed by atoms with van der Waals surface area (Å²) in [4.78, 5) is 7.40. The number of hydrogen-bond donors (Lipinski definition) is 2. The predicted molar refractivity (Wildman–Crippen MR) is 56.4 cm³/mol. The minimum atomic E-state index is -3.77. The zero-order chi connectivity index (χ0) is 12.3. The Hall–Kier alpha value is -1.12. The highest BCUT2D eigenvalue weighted by Gasteiger charge is 2.29.